The van der Waals surface area contributed by atoms with Crippen molar-refractivity contribution >= 4 is 0 Å². The van der Waals surface area contributed by atoms with Gasteiger partial charge in [0.05, 0.1) is 12.2 Å². The zero-order valence-corrected chi connectivity index (χ0v) is 5.51. The predicted octanol–water partition coefficient (Wildman–Crippen LogP) is 0.0802. The molecule has 2 rings (SSSR count). The van der Waals surface area contributed by atoms with Crippen LogP contribution in [0.2, 0.25) is 0 Å². The fourth-order valence-corrected chi connectivity index (χ4v) is 1.68. The summed E-state index contributed by atoms with van der Waals surface area (Å²) in [6.45, 7) is 0. The van der Waals surface area contributed by atoms with E-state index < -0.39 is 0 Å². The van der Waals surface area contributed by atoms with Gasteiger partial charge in [0.1, 0.15) is 0 Å². The minimum atomic E-state index is -0.376. The topological polar surface area (TPSA) is 40.5 Å². The van der Waals surface area contributed by atoms with E-state index in [-0.39, 0.29) is 24.0 Å². The van der Waals surface area contributed by atoms with Crippen LogP contribution in [0.1, 0.15) is 0 Å². The highest BCUT2D eigenvalue weighted by Gasteiger charge is 2.35. The summed E-state index contributed by atoms with van der Waals surface area (Å²) in [5, 5.41) is 18.5. The molecule has 0 spiro atoms. The number of rotatable bonds is 0. The molecule has 0 fully saturated rings. The highest BCUT2D eigenvalue weighted by Crippen LogP contribution is 2.34. The maximum Gasteiger partial charge on any atom is 0.0790 e. The average Bonchev–Trinajstić information content (AvgIpc) is 2.41. The number of aliphatic hydroxyl groups excluding tert-OH is 2. The first kappa shape index (κ1) is 6.13. The Kier molecular flexibility index (Phi) is 1.19. The van der Waals surface area contributed by atoms with E-state index in [1.54, 1.807) is 12.2 Å². The van der Waals surface area contributed by atoms with Crippen LogP contribution in [0.3, 0.4) is 0 Å². The van der Waals surface area contributed by atoms with Gasteiger partial charge in [0, 0.05) is 11.8 Å². The zero-order valence-electron chi connectivity index (χ0n) is 5.51. The lowest BCUT2D eigenvalue weighted by molar-refractivity contribution is 0.123. The van der Waals surface area contributed by atoms with Crippen LogP contribution >= 0.6 is 0 Å². The Morgan fingerprint density at radius 3 is 1.50 bits per heavy atom. The molecule has 2 aliphatic rings. The lowest BCUT2D eigenvalue weighted by Gasteiger charge is -2.14. The molecule has 0 saturated heterocycles. The van der Waals surface area contributed by atoms with E-state index in [4.69, 9.17) is 0 Å². The third-order valence-corrected chi connectivity index (χ3v) is 2.29. The van der Waals surface area contributed by atoms with E-state index in [0.29, 0.717) is 0 Å². The van der Waals surface area contributed by atoms with Crippen LogP contribution < -0.4 is 0 Å². The summed E-state index contributed by atoms with van der Waals surface area (Å²) in [5.74, 6) is 0.269. The second-order valence-electron chi connectivity index (χ2n) is 2.91. The predicted molar refractivity (Wildman–Crippen MR) is 37.3 cm³/mol. The quantitative estimate of drug-likeness (QED) is 0.465. The van der Waals surface area contributed by atoms with Gasteiger partial charge in [0.15, 0.2) is 0 Å². The number of hydrogen-bond acceptors (Lipinski definition) is 2. The summed E-state index contributed by atoms with van der Waals surface area (Å²) in [5.41, 5.74) is 0. The number of hydrogen-bond donors (Lipinski definition) is 2. The fraction of sp³-hybridized carbons (Fsp3) is 0.500. The van der Waals surface area contributed by atoms with Gasteiger partial charge in [0.25, 0.3) is 0 Å². The Balaban J connectivity index is 2.23. The Morgan fingerprint density at radius 1 is 0.700 bits per heavy atom. The van der Waals surface area contributed by atoms with E-state index in [1.165, 1.54) is 0 Å². The standard InChI is InChI=1S/C8H10O2/c9-7-3-1-5-6(7)2-4-8(5)10/h1-10H/t5-,6-,7+,8+/m1/s1. The third-order valence-electron chi connectivity index (χ3n) is 2.29. The first-order valence-corrected chi connectivity index (χ1v) is 3.52. The van der Waals surface area contributed by atoms with Crippen molar-refractivity contribution in [2.75, 3.05) is 0 Å². The van der Waals surface area contributed by atoms with Crippen molar-refractivity contribution in [3.05, 3.63) is 24.3 Å². The van der Waals surface area contributed by atoms with Crippen LogP contribution in [0.15, 0.2) is 24.3 Å². The molecule has 0 aromatic carbocycles. The van der Waals surface area contributed by atoms with Crippen molar-refractivity contribution in [1.82, 2.24) is 0 Å². The van der Waals surface area contributed by atoms with Crippen LogP contribution in [-0.2, 0) is 0 Å². The average molecular weight is 138 g/mol. The van der Waals surface area contributed by atoms with E-state index in [0.717, 1.165) is 0 Å². The van der Waals surface area contributed by atoms with Crippen molar-refractivity contribution in [3.63, 3.8) is 0 Å². The van der Waals surface area contributed by atoms with E-state index >= 15 is 0 Å². The van der Waals surface area contributed by atoms with Gasteiger partial charge in [-0.15, -0.1) is 0 Å². The molecule has 4 atom stereocenters. The molecule has 0 radical (unpaired) electrons. The highest BCUT2D eigenvalue weighted by molar-refractivity contribution is 5.22. The molecule has 0 saturated carbocycles. The van der Waals surface area contributed by atoms with Gasteiger partial charge in [-0.1, -0.05) is 24.3 Å². The van der Waals surface area contributed by atoms with Crippen molar-refractivity contribution in [2.24, 2.45) is 11.8 Å². The van der Waals surface area contributed by atoms with Crippen LogP contribution in [0.4, 0.5) is 0 Å². The Labute approximate surface area is 59.5 Å². The first-order chi connectivity index (χ1) is 4.79. The molecule has 0 heterocycles. The van der Waals surface area contributed by atoms with Gasteiger partial charge in [-0.05, 0) is 0 Å². The van der Waals surface area contributed by atoms with Crippen molar-refractivity contribution in [1.29, 1.82) is 0 Å². The molecule has 0 unspecified atom stereocenters. The minimum absolute atomic E-state index is 0.134. The van der Waals surface area contributed by atoms with Crippen molar-refractivity contribution < 1.29 is 10.2 Å². The smallest absolute Gasteiger partial charge is 0.0790 e. The molecule has 10 heavy (non-hydrogen) atoms. The summed E-state index contributed by atoms with van der Waals surface area (Å²) in [6, 6.07) is 0. The summed E-state index contributed by atoms with van der Waals surface area (Å²) < 4.78 is 0. The summed E-state index contributed by atoms with van der Waals surface area (Å²) in [7, 11) is 0. The van der Waals surface area contributed by atoms with Gasteiger partial charge in [-0.3, -0.25) is 0 Å². The monoisotopic (exact) mass is 138 g/mol. The molecule has 0 bridgehead atoms. The molecular formula is C8H10O2. The lowest BCUT2D eigenvalue weighted by atomic mass is 9.96. The number of aliphatic hydroxyl groups is 2. The SMILES string of the molecule is O[C@H]1C=C[C@@H]2[C@H]1C=C[C@@H]2O. The summed E-state index contributed by atoms with van der Waals surface area (Å²) in [4.78, 5) is 0. The molecule has 54 valence electrons. The molecule has 0 amide bonds. The second kappa shape index (κ2) is 1.94. The first-order valence-electron chi connectivity index (χ1n) is 3.52. The van der Waals surface area contributed by atoms with Crippen LogP contribution in [-0.4, -0.2) is 22.4 Å². The highest BCUT2D eigenvalue weighted by atomic mass is 16.3. The van der Waals surface area contributed by atoms with E-state index in [9.17, 15) is 10.2 Å². The molecule has 2 heteroatoms. The molecule has 2 aliphatic carbocycles. The van der Waals surface area contributed by atoms with Crippen LogP contribution in [0.5, 0.6) is 0 Å². The Morgan fingerprint density at radius 2 is 1.10 bits per heavy atom. The molecule has 2 N–H and O–H groups in total. The summed E-state index contributed by atoms with van der Waals surface area (Å²) >= 11 is 0. The second-order valence-corrected chi connectivity index (χ2v) is 2.91. The maximum absolute atomic E-state index is 9.27. The zero-order chi connectivity index (χ0) is 7.14. The molecule has 0 aliphatic heterocycles. The lowest BCUT2D eigenvalue weighted by Crippen LogP contribution is -2.20. The van der Waals surface area contributed by atoms with E-state index in [2.05, 4.69) is 0 Å². The van der Waals surface area contributed by atoms with Crippen molar-refractivity contribution in [3.8, 4) is 0 Å². The maximum atomic E-state index is 9.27. The van der Waals surface area contributed by atoms with Gasteiger partial charge < -0.3 is 10.2 Å². The van der Waals surface area contributed by atoms with Gasteiger partial charge >= 0.3 is 0 Å². The minimum Gasteiger partial charge on any atom is -0.388 e. The summed E-state index contributed by atoms with van der Waals surface area (Å²) in [6.07, 6.45) is 6.53. The molecule has 0 aromatic heterocycles. The van der Waals surface area contributed by atoms with Gasteiger partial charge in [-0.25, -0.2) is 0 Å². The normalized spacial score (nSPS) is 50.2. The van der Waals surface area contributed by atoms with Gasteiger partial charge in [-0.2, -0.15) is 0 Å². The van der Waals surface area contributed by atoms with Gasteiger partial charge in [0.2, 0.25) is 0 Å². The molecule has 2 nitrogen and oxygen atoms in total. The molecular weight excluding hydrogens is 128 g/mol. The Bertz CT molecular complexity index is 173. The van der Waals surface area contributed by atoms with Crippen LogP contribution in [0, 0.1) is 11.8 Å². The van der Waals surface area contributed by atoms with E-state index in [1.807, 2.05) is 12.2 Å². The van der Waals surface area contributed by atoms with Crippen LogP contribution in [0.25, 0.3) is 0 Å². The largest absolute Gasteiger partial charge is 0.388 e. The fourth-order valence-electron chi connectivity index (χ4n) is 1.68. The molecule has 0 aromatic rings. The Hall–Kier alpha value is -0.600. The van der Waals surface area contributed by atoms with Crippen molar-refractivity contribution in [2.45, 2.75) is 12.2 Å². The third kappa shape index (κ3) is 0.662. The number of fused-ring (bicyclic) bond motifs is 1.